The van der Waals surface area contributed by atoms with E-state index in [1.807, 2.05) is 0 Å². The molecule has 1 saturated heterocycles. The molecular weight excluding hydrogens is 260 g/mol. The molecule has 1 aliphatic heterocycles. The van der Waals surface area contributed by atoms with Gasteiger partial charge < -0.3 is 10.4 Å². The number of likely N-dealkylation sites (tertiary alicyclic amines) is 1. The van der Waals surface area contributed by atoms with Gasteiger partial charge in [0.1, 0.15) is 0 Å². The summed E-state index contributed by atoms with van der Waals surface area (Å²) in [6.07, 6.45) is 10.6. The second kappa shape index (κ2) is 9.12. The van der Waals surface area contributed by atoms with E-state index in [4.69, 9.17) is 5.11 Å². The van der Waals surface area contributed by atoms with Crippen molar-refractivity contribution in [1.29, 1.82) is 0 Å². The summed E-state index contributed by atoms with van der Waals surface area (Å²) >= 11 is 0. The minimum absolute atomic E-state index is 0.346. The number of aliphatic hydroxyl groups is 1. The van der Waals surface area contributed by atoms with Gasteiger partial charge in [-0.3, -0.25) is 4.90 Å². The molecule has 2 rings (SSSR count). The van der Waals surface area contributed by atoms with Gasteiger partial charge in [0.25, 0.3) is 0 Å². The van der Waals surface area contributed by atoms with Crippen molar-refractivity contribution in [2.75, 3.05) is 26.2 Å². The second-order valence-electron chi connectivity index (χ2n) is 7.62. The van der Waals surface area contributed by atoms with E-state index < -0.39 is 0 Å². The molecule has 2 atom stereocenters. The average molecular weight is 296 g/mol. The maximum Gasteiger partial charge on any atom is 0.0431 e. The molecule has 0 aromatic heterocycles. The maximum absolute atomic E-state index is 9.08. The number of nitrogens with one attached hydrogen (secondary N) is 1. The summed E-state index contributed by atoms with van der Waals surface area (Å²) in [7, 11) is 0. The van der Waals surface area contributed by atoms with Crippen molar-refractivity contribution < 1.29 is 5.11 Å². The standard InChI is InChI=1S/C18H36N2O/c1-15(2)20-13-17(9-6-10-21)11-18(14-20)19-12-16-7-4-3-5-8-16/h15-19,21H,3-14H2,1-2H3. The van der Waals surface area contributed by atoms with Gasteiger partial charge in [-0.15, -0.1) is 0 Å². The summed E-state index contributed by atoms with van der Waals surface area (Å²) in [6, 6.07) is 1.30. The van der Waals surface area contributed by atoms with Crippen LogP contribution in [0.3, 0.4) is 0 Å². The van der Waals surface area contributed by atoms with E-state index in [-0.39, 0.29) is 0 Å². The highest BCUT2D eigenvalue weighted by atomic mass is 16.2. The molecule has 1 saturated carbocycles. The molecule has 0 amide bonds. The molecular formula is C18H36N2O. The smallest absolute Gasteiger partial charge is 0.0431 e. The zero-order chi connectivity index (χ0) is 15.1. The lowest BCUT2D eigenvalue weighted by molar-refractivity contribution is 0.100. The van der Waals surface area contributed by atoms with Crippen LogP contribution in [0.2, 0.25) is 0 Å². The second-order valence-corrected chi connectivity index (χ2v) is 7.62. The molecule has 124 valence electrons. The number of hydrogen-bond donors (Lipinski definition) is 2. The van der Waals surface area contributed by atoms with Crippen LogP contribution in [0.5, 0.6) is 0 Å². The SMILES string of the molecule is CC(C)N1CC(CCCO)CC(NCC2CCCCC2)C1. The van der Waals surface area contributed by atoms with Gasteiger partial charge >= 0.3 is 0 Å². The van der Waals surface area contributed by atoms with E-state index in [0.717, 1.165) is 18.3 Å². The van der Waals surface area contributed by atoms with Crippen LogP contribution in [0.4, 0.5) is 0 Å². The first-order valence-corrected chi connectivity index (χ1v) is 9.27. The van der Waals surface area contributed by atoms with E-state index >= 15 is 0 Å². The zero-order valence-electron chi connectivity index (χ0n) is 14.2. The van der Waals surface area contributed by atoms with Crippen LogP contribution in [-0.2, 0) is 0 Å². The van der Waals surface area contributed by atoms with Gasteiger partial charge in [-0.2, -0.15) is 0 Å². The monoisotopic (exact) mass is 296 g/mol. The Morgan fingerprint density at radius 2 is 1.86 bits per heavy atom. The van der Waals surface area contributed by atoms with Crippen molar-refractivity contribution in [3.63, 3.8) is 0 Å². The molecule has 3 heteroatoms. The Bertz CT molecular complexity index is 276. The fourth-order valence-electron chi connectivity index (χ4n) is 4.12. The molecule has 1 heterocycles. The van der Waals surface area contributed by atoms with Crippen LogP contribution in [0, 0.1) is 11.8 Å². The van der Waals surface area contributed by atoms with E-state index in [9.17, 15) is 0 Å². The van der Waals surface area contributed by atoms with E-state index in [0.29, 0.717) is 18.7 Å². The Morgan fingerprint density at radius 1 is 1.10 bits per heavy atom. The molecule has 0 radical (unpaired) electrons. The highest BCUT2D eigenvalue weighted by Gasteiger charge is 2.28. The van der Waals surface area contributed by atoms with Crippen molar-refractivity contribution in [3.8, 4) is 0 Å². The first-order chi connectivity index (χ1) is 10.2. The first-order valence-electron chi connectivity index (χ1n) is 9.27. The average Bonchev–Trinajstić information content (AvgIpc) is 2.51. The molecule has 2 N–H and O–H groups in total. The minimum atomic E-state index is 0.346. The molecule has 0 aromatic rings. The Balaban J connectivity index is 1.78. The Kier molecular flexibility index (Phi) is 7.48. The normalized spacial score (nSPS) is 29.1. The van der Waals surface area contributed by atoms with Crippen LogP contribution in [-0.4, -0.2) is 48.3 Å². The molecule has 2 aliphatic rings. The van der Waals surface area contributed by atoms with Gasteiger partial charge in [-0.25, -0.2) is 0 Å². The van der Waals surface area contributed by atoms with Crippen molar-refractivity contribution in [2.45, 2.75) is 77.3 Å². The van der Waals surface area contributed by atoms with E-state index in [2.05, 4.69) is 24.1 Å². The molecule has 3 nitrogen and oxygen atoms in total. The highest BCUT2D eigenvalue weighted by Crippen LogP contribution is 2.25. The van der Waals surface area contributed by atoms with Gasteiger partial charge in [0.15, 0.2) is 0 Å². The van der Waals surface area contributed by atoms with Crippen LogP contribution >= 0.6 is 0 Å². The van der Waals surface area contributed by atoms with Crippen molar-refractivity contribution in [1.82, 2.24) is 10.2 Å². The van der Waals surface area contributed by atoms with Gasteiger partial charge in [0, 0.05) is 31.8 Å². The maximum atomic E-state index is 9.08. The number of rotatable bonds is 7. The molecule has 0 aromatic carbocycles. The fourth-order valence-corrected chi connectivity index (χ4v) is 4.12. The first kappa shape index (κ1) is 17.2. The number of hydrogen-bond acceptors (Lipinski definition) is 3. The van der Waals surface area contributed by atoms with Gasteiger partial charge in [0.05, 0.1) is 0 Å². The number of nitrogens with zero attached hydrogens (tertiary/aromatic N) is 1. The molecule has 0 spiro atoms. The topological polar surface area (TPSA) is 35.5 Å². The van der Waals surface area contributed by atoms with Crippen molar-refractivity contribution >= 4 is 0 Å². The third-order valence-electron chi connectivity index (χ3n) is 5.49. The van der Waals surface area contributed by atoms with Crippen LogP contribution in [0.25, 0.3) is 0 Å². The predicted octanol–water partition coefficient (Wildman–Crippen LogP) is 3.03. The lowest BCUT2D eigenvalue weighted by atomic mass is 9.87. The van der Waals surface area contributed by atoms with Crippen LogP contribution in [0.1, 0.15) is 65.2 Å². The summed E-state index contributed by atoms with van der Waals surface area (Å²) in [5.41, 5.74) is 0. The number of aliphatic hydroxyl groups excluding tert-OH is 1. The predicted molar refractivity (Wildman–Crippen MR) is 89.5 cm³/mol. The molecule has 2 fully saturated rings. The Hall–Kier alpha value is -0.120. The summed E-state index contributed by atoms with van der Waals surface area (Å²) < 4.78 is 0. The summed E-state index contributed by atoms with van der Waals surface area (Å²) in [4.78, 5) is 2.63. The lowest BCUT2D eigenvalue weighted by Gasteiger charge is -2.41. The summed E-state index contributed by atoms with van der Waals surface area (Å²) in [5.74, 6) is 1.68. The summed E-state index contributed by atoms with van der Waals surface area (Å²) in [5, 5.41) is 13.0. The minimum Gasteiger partial charge on any atom is -0.396 e. The third-order valence-corrected chi connectivity index (χ3v) is 5.49. The Morgan fingerprint density at radius 3 is 2.52 bits per heavy atom. The number of piperidine rings is 1. The highest BCUT2D eigenvalue weighted by molar-refractivity contribution is 4.85. The van der Waals surface area contributed by atoms with Gasteiger partial charge in [-0.1, -0.05) is 19.3 Å². The van der Waals surface area contributed by atoms with Gasteiger partial charge in [0.2, 0.25) is 0 Å². The molecule has 2 unspecified atom stereocenters. The zero-order valence-corrected chi connectivity index (χ0v) is 14.2. The van der Waals surface area contributed by atoms with Crippen LogP contribution < -0.4 is 5.32 Å². The molecule has 1 aliphatic carbocycles. The Labute approximate surface area is 131 Å². The largest absolute Gasteiger partial charge is 0.396 e. The quantitative estimate of drug-likeness (QED) is 0.758. The lowest BCUT2D eigenvalue weighted by Crippen LogP contribution is -2.52. The van der Waals surface area contributed by atoms with E-state index in [1.54, 1.807) is 0 Å². The molecule has 0 bridgehead atoms. The molecule has 21 heavy (non-hydrogen) atoms. The van der Waals surface area contributed by atoms with Crippen LogP contribution in [0.15, 0.2) is 0 Å². The fraction of sp³-hybridized carbons (Fsp3) is 1.00. The van der Waals surface area contributed by atoms with Crippen molar-refractivity contribution in [3.05, 3.63) is 0 Å². The van der Waals surface area contributed by atoms with E-state index in [1.165, 1.54) is 64.6 Å². The van der Waals surface area contributed by atoms with Crippen molar-refractivity contribution in [2.24, 2.45) is 11.8 Å². The van der Waals surface area contributed by atoms with Gasteiger partial charge in [-0.05, 0) is 64.3 Å². The third kappa shape index (κ3) is 5.88. The summed E-state index contributed by atoms with van der Waals surface area (Å²) in [6.45, 7) is 8.63.